The van der Waals surface area contributed by atoms with Crippen molar-refractivity contribution in [3.63, 3.8) is 0 Å². The van der Waals surface area contributed by atoms with E-state index in [1.165, 1.54) is 0 Å². The highest BCUT2D eigenvalue weighted by Gasteiger charge is 2.28. The van der Waals surface area contributed by atoms with Crippen molar-refractivity contribution in [2.45, 2.75) is 6.61 Å². The summed E-state index contributed by atoms with van der Waals surface area (Å²) in [6.07, 6.45) is 1.93. The van der Waals surface area contributed by atoms with Gasteiger partial charge in [0.25, 0.3) is 0 Å². The lowest BCUT2D eigenvalue weighted by atomic mass is 10.0. The normalized spacial score (nSPS) is 10.9. The third-order valence-corrected chi connectivity index (χ3v) is 2.97. The number of aliphatic hydroxyl groups is 1. The maximum absolute atomic E-state index is 13.7. The van der Waals surface area contributed by atoms with E-state index in [1.54, 1.807) is 0 Å². The van der Waals surface area contributed by atoms with Gasteiger partial charge < -0.3 is 5.11 Å². The van der Waals surface area contributed by atoms with Crippen molar-refractivity contribution in [3.8, 4) is 11.1 Å². The third kappa shape index (κ3) is 2.12. The van der Waals surface area contributed by atoms with E-state index < -0.39 is 46.8 Å². The molecule has 0 unspecified atom stereocenters. The maximum Gasteiger partial charge on any atom is 0.200 e. The fourth-order valence-corrected chi connectivity index (χ4v) is 1.90. The molecule has 106 valence electrons. The zero-order valence-electron chi connectivity index (χ0n) is 9.52. The van der Waals surface area contributed by atoms with Gasteiger partial charge in [0, 0.05) is 23.5 Å². The predicted molar refractivity (Wildman–Crippen MR) is 60.4 cm³/mol. The fraction of sp³-hybridized carbons (Fsp3) is 0.0833. The Morgan fingerprint density at radius 3 is 1.90 bits per heavy atom. The van der Waals surface area contributed by atoms with Crippen molar-refractivity contribution >= 4 is 11.6 Å². The highest BCUT2D eigenvalue weighted by molar-refractivity contribution is 6.31. The molecule has 0 saturated carbocycles. The van der Waals surface area contributed by atoms with Crippen LogP contribution < -0.4 is 0 Å². The Balaban J connectivity index is 2.87. The molecule has 0 fully saturated rings. The number of pyridine rings is 1. The van der Waals surface area contributed by atoms with Gasteiger partial charge in [-0.3, -0.25) is 4.98 Å². The number of aliphatic hydroxyl groups excluding tert-OH is 1. The van der Waals surface area contributed by atoms with E-state index >= 15 is 0 Å². The van der Waals surface area contributed by atoms with E-state index in [9.17, 15) is 22.0 Å². The van der Waals surface area contributed by atoms with E-state index in [2.05, 4.69) is 4.98 Å². The van der Waals surface area contributed by atoms with Gasteiger partial charge in [0.1, 0.15) is 0 Å². The summed E-state index contributed by atoms with van der Waals surface area (Å²) < 4.78 is 66.6. The van der Waals surface area contributed by atoms with Crippen molar-refractivity contribution in [3.05, 3.63) is 52.1 Å². The first-order valence-corrected chi connectivity index (χ1v) is 5.53. The number of aromatic nitrogens is 1. The third-order valence-electron chi connectivity index (χ3n) is 2.64. The van der Waals surface area contributed by atoms with E-state index in [0.29, 0.717) is 0 Å². The van der Waals surface area contributed by atoms with Crippen LogP contribution in [-0.4, -0.2) is 10.1 Å². The van der Waals surface area contributed by atoms with Crippen LogP contribution in [0.15, 0.2) is 12.4 Å². The molecular weight excluding hydrogens is 305 g/mol. The van der Waals surface area contributed by atoms with Crippen molar-refractivity contribution in [1.82, 2.24) is 4.98 Å². The summed E-state index contributed by atoms with van der Waals surface area (Å²) in [5, 5.41) is 8.96. The van der Waals surface area contributed by atoms with E-state index in [0.717, 1.165) is 12.4 Å². The zero-order valence-corrected chi connectivity index (χ0v) is 10.3. The average Bonchev–Trinajstić information content (AvgIpc) is 2.43. The average molecular weight is 310 g/mol. The number of rotatable bonds is 2. The number of hydrogen-bond acceptors (Lipinski definition) is 2. The van der Waals surface area contributed by atoms with Crippen LogP contribution in [0.2, 0.25) is 5.02 Å². The second-order valence-corrected chi connectivity index (χ2v) is 4.16. The minimum absolute atomic E-state index is 0.158. The van der Waals surface area contributed by atoms with Crippen molar-refractivity contribution in [2.75, 3.05) is 0 Å². The molecule has 2 nitrogen and oxygen atoms in total. The Morgan fingerprint density at radius 1 is 0.900 bits per heavy atom. The number of halogens is 6. The molecule has 0 spiro atoms. The van der Waals surface area contributed by atoms with Crippen molar-refractivity contribution < 1.29 is 27.1 Å². The monoisotopic (exact) mass is 309 g/mol. The van der Waals surface area contributed by atoms with E-state index in [4.69, 9.17) is 16.7 Å². The minimum Gasteiger partial charge on any atom is -0.392 e. The molecule has 1 heterocycles. The molecule has 2 rings (SSSR count). The van der Waals surface area contributed by atoms with Crippen molar-refractivity contribution in [1.29, 1.82) is 0 Å². The molecule has 2 aromatic rings. The van der Waals surface area contributed by atoms with Gasteiger partial charge in [-0.25, -0.2) is 22.0 Å². The lowest BCUT2D eigenvalue weighted by molar-refractivity contribution is 0.282. The zero-order chi connectivity index (χ0) is 15.0. The Kier molecular flexibility index (Phi) is 3.92. The molecule has 8 heteroatoms. The summed E-state index contributed by atoms with van der Waals surface area (Å²) in [5.74, 6) is -10.4. The lowest BCUT2D eigenvalue weighted by Gasteiger charge is -2.12. The Hall–Kier alpha value is -1.73. The molecule has 0 aliphatic rings. The van der Waals surface area contributed by atoms with Gasteiger partial charge in [-0.05, 0) is 0 Å². The molecule has 0 aliphatic carbocycles. The summed E-state index contributed by atoms with van der Waals surface area (Å²) in [4.78, 5) is 3.52. The quantitative estimate of drug-likeness (QED) is 0.522. The standard InChI is InChI=1S/C12H5ClF5NO/c13-6-2-19-1-4(5(6)3-20)7-8(14)10(16)12(18)11(17)9(7)15/h1-2,20H,3H2. The van der Waals surface area contributed by atoms with Crippen LogP contribution in [0, 0.1) is 29.1 Å². The largest absolute Gasteiger partial charge is 0.392 e. The molecule has 0 saturated heterocycles. The van der Waals surface area contributed by atoms with Gasteiger partial charge in [0.05, 0.1) is 17.2 Å². The second-order valence-electron chi connectivity index (χ2n) is 3.75. The lowest BCUT2D eigenvalue weighted by Crippen LogP contribution is -2.06. The molecule has 1 N–H and O–H groups in total. The van der Waals surface area contributed by atoms with Gasteiger partial charge in [-0.1, -0.05) is 11.6 Å². The molecule has 0 atom stereocenters. The minimum atomic E-state index is -2.26. The van der Waals surface area contributed by atoms with Crippen LogP contribution in [0.25, 0.3) is 11.1 Å². The SMILES string of the molecule is OCc1c(Cl)cncc1-c1c(F)c(F)c(F)c(F)c1F. The predicted octanol–water partition coefficient (Wildman–Crippen LogP) is 3.59. The molecular formula is C12H5ClF5NO. The summed E-state index contributed by atoms with van der Waals surface area (Å²) in [6, 6.07) is 0. The fourth-order valence-electron chi connectivity index (χ4n) is 1.68. The first kappa shape index (κ1) is 14.7. The number of hydrogen-bond donors (Lipinski definition) is 1. The van der Waals surface area contributed by atoms with Crippen LogP contribution in [0.1, 0.15) is 5.56 Å². The van der Waals surface area contributed by atoms with Gasteiger partial charge in [0.15, 0.2) is 23.3 Å². The second kappa shape index (κ2) is 5.34. The maximum atomic E-state index is 13.7. The topological polar surface area (TPSA) is 33.1 Å². The molecule has 0 radical (unpaired) electrons. The Labute approximate surface area is 114 Å². The number of benzene rings is 1. The highest BCUT2D eigenvalue weighted by Crippen LogP contribution is 2.35. The van der Waals surface area contributed by atoms with Gasteiger partial charge >= 0.3 is 0 Å². The van der Waals surface area contributed by atoms with Crippen LogP contribution in [0.5, 0.6) is 0 Å². The highest BCUT2D eigenvalue weighted by atomic mass is 35.5. The summed E-state index contributed by atoms with van der Waals surface area (Å²) in [5.41, 5.74) is -1.84. The molecule has 1 aromatic carbocycles. The smallest absolute Gasteiger partial charge is 0.200 e. The van der Waals surface area contributed by atoms with Crippen LogP contribution in [0.4, 0.5) is 22.0 Å². The molecule has 0 aliphatic heterocycles. The first-order valence-electron chi connectivity index (χ1n) is 5.15. The summed E-state index contributed by atoms with van der Waals surface area (Å²) >= 11 is 5.67. The molecule has 0 bridgehead atoms. The molecule has 0 amide bonds. The molecule has 1 aromatic heterocycles. The first-order chi connectivity index (χ1) is 9.40. The van der Waals surface area contributed by atoms with Crippen LogP contribution >= 0.6 is 11.6 Å². The van der Waals surface area contributed by atoms with Gasteiger partial charge in [0.2, 0.25) is 5.82 Å². The van der Waals surface area contributed by atoms with E-state index in [1.807, 2.05) is 0 Å². The Morgan fingerprint density at radius 2 is 1.40 bits per heavy atom. The van der Waals surface area contributed by atoms with Crippen molar-refractivity contribution in [2.24, 2.45) is 0 Å². The summed E-state index contributed by atoms with van der Waals surface area (Å²) in [6.45, 7) is -0.754. The molecule has 20 heavy (non-hydrogen) atoms. The van der Waals surface area contributed by atoms with Crippen LogP contribution in [0.3, 0.4) is 0 Å². The van der Waals surface area contributed by atoms with Crippen LogP contribution in [-0.2, 0) is 6.61 Å². The summed E-state index contributed by atoms with van der Waals surface area (Å²) in [7, 11) is 0. The Bertz CT molecular complexity index is 663. The van der Waals surface area contributed by atoms with E-state index in [-0.39, 0.29) is 10.6 Å². The van der Waals surface area contributed by atoms with Gasteiger partial charge in [-0.2, -0.15) is 0 Å². The number of nitrogens with zero attached hydrogens (tertiary/aromatic N) is 1. The van der Waals surface area contributed by atoms with Gasteiger partial charge in [-0.15, -0.1) is 0 Å².